The number of hydrogen-bond acceptors (Lipinski definition) is 4. The molecule has 0 saturated heterocycles. The number of nitrogens with zero attached hydrogens (tertiary/aromatic N) is 1. The lowest BCUT2D eigenvalue weighted by Gasteiger charge is -2.10. The molecule has 21 heavy (non-hydrogen) atoms. The number of nitrogens with one attached hydrogen (secondary N) is 1. The number of hydrogen-bond donors (Lipinski definition) is 1. The summed E-state index contributed by atoms with van der Waals surface area (Å²) in [6.45, 7) is 3.78. The van der Waals surface area contributed by atoms with Crippen molar-refractivity contribution in [3.63, 3.8) is 0 Å². The maximum atomic E-state index is 10.7. The maximum Gasteiger partial charge on any atom is 0.269 e. The van der Waals surface area contributed by atoms with E-state index in [1.165, 1.54) is 17.7 Å². The SMILES string of the molecule is CCNCc1cc(Br)ccc1Sc1ccc([N+](=O)[O-])cc1. The summed E-state index contributed by atoms with van der Waals surface area (Å²) in [6, 6.07) is 12.8. The first kappa shape index (κ1) is 16.0. The van der Waals surface area contributed by atoms with E-state index in [-0.39, 0.29) is 10.6 Å². The minimum atomic E-state index is -0.384. The molecule has 0 aliphatic carbocycles. The van der Waals surface area contributed by atoms with E-state index in [9.17, 15) is 10.1 Å². The zero-order chi connectivity index (χ0) is 15.2. The van der Waals surface area contributed by atoms with Gasteiger partial charge in [0.25, 0.3) is 5.69 Å². The highest BCUT2D eigenvalue weighted by Crippen LogP contribution is 2.33. The molecule has 0 radical (unpaired) electrons. The Hall–Kier alpha value is -1.37. The van der Waals surface area contributed by atoms with Gasteiger partial charge >= 0.3 is 0 Å². The minimum absolute atomic E-state index is 0.114. The summed E-state index contributed by atoms with van der Waals surface area (Å²) in [5.74, 6) is 0. The molecule has 110 valence electrons. The molecule has 0 aromatic heterocycles. The number of nitro groups is 1. The second-order valence-electron chi connectivity index (χ2n) is 4.39. The van der Waals surface area contributed by atoms with Crippen LogP contribution in [0.3, 0.4) is 0 Å². The van der Waals surface area contributed by atoms with Gasteiger partial charge in [0.15, 0.2) is 0 Å². The lowest BCUT2D eigenvalue weighted by molar-refractivity contribution is -0.384. The second-order valence-corrected chi connectivity index (χ2v) is 6.42. The largest absolute Gasteiger partial charge is 0.313 e. The van der Waals surface area contributed by atoms with E-state index in [2.05, 4.69) is 40.3 Å². The number of benzene rings is 2. The van der Waals surface area contributed by atoms with Crippen LogP contribution in [0.1, 0.15) is 12.5 Å². The topological polar surface area (TPSA) is 55.2 Å². The van der Waals surface area contributed by atoms with Crippen molar-refractivity contribution in [2.75, 3.05) is 6.54 Å². The van der Waals surface area contributed by atoms with Crippen LogP contribution in [-0.4, -0.2) is 11.5 Å². The van der Waals surface area contributed by atoms with E-state index in [1.807, 2.05) is 6.07 Å². The van der Waals surface area contributed by atoms with Crippen LogP contribution in [0, 0.1) is 10.1 Å². The van der Waals surface area contributed by atoms with Gasteiger partial charge in [-0.25, -0.2) is 0 Å². The summed E-state index contributed by atoms with van der Waals surface area (Å²) in [6.07, 6.45) is 0. The fourth-order valence-corrected chi connectivity index (χ4v) is 3.14. The van der Waals surface area contributed by atoms with Gasteiger partial charge in [0.1, 0.15) is 0 Å². The highest BCUT2D eigenvalue weighted by Gasteiger charge is 2.08. The Balaban J connectivity index is 2.19. The average Bonchev–Trinajstić information content (AvgIpc) is 2.48. The van der Waals surface area contributed by atoms with E-state index in [4.69, 9.17) is 0 Å². The van der Waals surface area contributed by atoms with Crippen LogP contribution >= 0.6 is 27.7 Å². The molecule has 0 aliphatic heterocycles. The van der Waals surface area contributed by atoms with E-state index in [0.29, 0.717) is 0 Å². The number of rotatable bonds is 6. The monoisotopic (exact) mass is 366 g/mol. The van der Waals surface area contributed by atoms with Crippen molar-refractivity contribution in [1.29, 1.82) is 0 Å². The molecule has 0 spiro atoms. The third kappa shape index (κ3) is 4.56. The quantitative estimate of drug-likeness (QED) is 0.598. The molecule has 0 unspecified atom stereocenters. The predicted octanol–water partition coefficient (Wildman–Crippen LogP) is 4.62. The highest BCUT2D eigenvalue weighted by molar-refractivity contribution is 9.10. The third-order valence-electron chi connectivity index (χ3n) is 2.86. The van der Waals surface area contributed by atoms with Gasteiger partial charge in [-0.15, -0.1) is 0 Å². The zero-order valence-corrected chi connectivity index (χ0v) is 13.9. The molecule has 0 atom stereocenters. The third-order valence-corrected chi connectivity index (χ3v) is 4.48. The molecule has 0 aliphatic rings. The molecule has 0 amide bonds. The molecule has 2 aromatic rings. The Bertz CT molecular complexity index is 632. The maximum absolute atomic E-state index is 10.7. The van der Waals surface area contributed by atoms with Gasteiger partial charge in [-0.2, -0.15) is 0 Å². The van der Waals surface area contributed by atoms with Crippen LogP contribution in [0.2, 0.25) is 0 Å². The van der Waals surface area contributed by atoms with Gasteiger partial charge in [0, 0.05) is 32.9 Å². The standard InChI is InChI=1S/C15H15BrN2O2S/c1-2-17-10-11-9-12(16)3-8-15(11)21-14-6-4-13(5-7-14)18(19)20/h3-9,17H,2,10H2,1H3. The highest BCUT2D eigenvalue weighted by atomic mass is 79.9. The molecular formula is C15H15BrN2O2S. The van der Waals surface area contributed by atoms with E-state index >= 15 is 0 Å². The lowest BCUT2D eigenvalue weighted by Crippen LogP contribution is -2.12. The molecule has 6 heteroatoms. The van der Waals surface area contributed by atoms with Crippen molar-refractivity contribution in [3.8, 4) is 0 Å². The summed E-state index contributed by atoms with van der Waals surface area (Å²) < 4.78 is 1.04. The van der Waals surface area contributed by atoms with Crippen LogP contribution in [0.15, 0.2) is 56.7 Å². The predicted molar refractivity (Wildman–Crippen MR) is 88.7 cm³/mol. The first-order chi connectivity index (χ1) is 10.1. The van der Waals surface area contributed by atoms with E-state index < -0.39 is 0 Å². The Morgan fingerprint density at radius 2 is 1.95 bits per heavy atom. The first-order valence-corrected chi connectivity index (χ1v) is 8.12. The van der Waals surface area contributed by atoms with Gasteiger partial charge in [-0.1, -0.05) is 34.6 Å². The summed E-state index contributed by atoms with van der Waals surface area (Å²) in [7, 11) is 0. The Kier molecular flexibility index (Phi) is 5.78. The normalized spacial score (nSPS) is 10.6. The average molecular weight is 367 g/mol. The molecule has 0 heterocycles. The van der Waals surface area contributed by atoms with Gasteiger partial charge in [0.2, 0.25) is 0 Å². The van der Waals surface area contributed by atoms with Crippen LogP contribution in [0.4, 0.5) is 5.69 Å². The Morgan fingerprint density at radius 1 is 1.24 bits per heavy atom. The smallest absolute Gasteiger partial charge is 0.269 e. The van der Waals surface area contributed by atoms with Gasteiger partial charge in [-0.3, -0.25) is 10.1 Å². The van der Waals surface area contributed by atoms with Crippen LogP contribution < -0.4 is 5.32 Å². The molecular weight excluding hydrogens is 352 g/mol. The van der Waals surface area contributed by atoms with Gasteiger partial charge in [0.05, 0.1) is 4.92 Å². The minimum Gasteiger partial charge on any atom is -0.313 e. The van der Waals surface area contributed by atoms with Gasteiger partial charge in [-0.05, 0) is 42.4 Å². The summed E-state index contributed by atoms with van der Waals surface area (Å²) in [4.78, 5) is 12.4. The molecule has 4 nitrogen and oxygen atoms in total. The van der Waals surface area contributed by atoms with Crippen LogP contribution in [0.5, 0.6) is 0 Å². The summed E-state index contributed by atoms with van der Waals surface area (Å²) >= 11 is 5.10. The lowest BCUT2D eigenvalue weighted by atomic mass is 10.2. The molecule has 0 bridgehead atoms. The first-order valence-electron chi connectivity index (χ1n) is 6.51. The van der Waals surface area contributed by atoms with Crippen molar-refractivity contribution in [2.24, 2.45) is 0 Å². The number of nitro benzene ring substituents is 1. The van der Waals surface area contributed by atoms with E-state index in [0.717, 1.165) is 27.4 Å². The fourth-order valence-electron chi connectivity index (χ4n) is 1.81. The van der Waals surface area contributed by atoms with Crippen molar-refractivity contribution in [3.05, 3.63) is 62.6 Å². The zero-order valence-electron chi connectivity index (χ0n) is 11.5. The van der Waals surface area contributed by atoms with Gasteiger partial charge < -0.3 is 5.32 Å². The molecule has 1 N–H and O–H groups in total. The molecule has 2 rings (SSSR count). The number of non-ortho nitro benzene ring substituents is 1. The van der Waals surface area contributed by atoms with Crippen molar-refractivity contribution in [2.45, 2.75) is 23.3 Å². The number of halogens is 1. The van der Waals surface area contributed by atoms with Crippen molar-refractivity contribution < 1.29 is 4.92 Å². The van der Waals surface area contributed by atoms with Crippen molar-refractivity contribution >= 4 is 33.4 Å². The Labute approximate surface area is 136 Å². The summed E-state index contributed by atoms with van der Waals surface area (Å²) in [5, 5.41) is 14.0. The molecule has 0 saturated carbocycles. The summed E-state index contributed by atoms with van der Waals surface area (Å²) in [5.41, 5.74) is 1.32. The Morgan fingerprint density at radius 3 is 2.57 bits per heavy atom. The molecule has 2 aromatic carbocycles. The second kappa shape index (κ2) is 7.59. The van der Waals surface area contributed by atoms with Crippen LogP contribution in [-0.2, 0) is 6.54 Å². The van der Waals surface area contributed by atoms with Crippen LogP contribution in [0.25, 0.3) is 0 Å². The fraction of sp³-hybridized carbons (Fsp3) is 0.200. The van der Waals surface area contributed by atoms with E-state index in [1.54, 1.807) is 23.9 Å². The van der Waals surface area contributed by atoms with Crippen molar-refractivity contribution in [1.82, 2.24) is 5.32 Å². The molecule has 0 fully saturated rings.